The molecule has 58 heavy (non-hydrogen) atoms. The van der Waals surface area contributed by atoms with Crippen LogP contribution in [0.3, 0.4) is 0 Å². The van der Waals surface area contributed by atoms with Crippen molar-refractivity contribution in [3.8, 4) is 0 Å². The van der Waals surface area contributed by atoms with Crippen molar-refractivity contribution in [2.45, 2.75) is 290 Å². The summed E-state index contributed by atoms with van der Waals surface area (Å²) in [4.78, 5) is 37.9. The van der Waals surface area contributed by atoms with E-state index in [4.69, 9.17) is 14.2 Å². The van der Waals surface area contributed by atoms with Crippen molar-refractivity contribution in [2.75, 3.05) is 13.2 Å². The second kappa shape index (κ2) is 47.8. The molecule has 0 spiro atoms. The van der Waals surface area contributed by atoms with Gasteiger partial charge in [0.25, 0.3) is 0 Å². The summed E-state index contributed by atoms with van der Waals surface area (Å²) in [5.41, 5.74) is 0. The number of ether oxygens (including phenoxy) is 3. The van der Waals surface area contributed by atoms with Crippen LogP contribution < -0.4 is 0 Å². The van der Waals surface area contributed by atoms with Gasteiger partial charge in [-0.15, -0.1) is 0 Å². The van der Waals surface area contributed by atoms with Crippen molar-refractivity contribution in [1.82, 2.24) is 0 Å². The van der Waals surface area contributed by atoms with Crippen molar-refractivity contribution >= 4 is 17.9 Å². The molecule has 1 unspecified atom stereocenters. The monoisotopic (exact) mass is 819 g/mol. The predicted molar refractivity (Wildman–Crippen MR) is 247 cm³/mol. The van der Waals surface area contributed by atoms with Crippen molar-refractivity contribution in [1.29, 1.82) is 0 Å². The summed E-state index contributed by atoms with van der Waals surface area (Å²) in [6, 6.07) is 0. The summed E-state index contributed by atoms with van der Waals surface area (Å²) in [5, 5.41) is 0. The van der Waals surface area contributed by atoms with E-state index in [-0.39, 0.29) is 37.5 Å². The number of esters is 3. The van der Waals surface area contributed by atoms with Gasteiger partial charge in [0.05, 0.1) is 0 Å². The highest BCUT2D eigenvalue weighted by atomic mass is 16.6. The minimum Gasteiger partial charge on any atom is -0.462 e. The number of allylic oxidation sites excluding steroid dienone is 2. The number of hydrogen-bond acceptors (Lipinski definition) is 6. The first-order valence-corrected chi connectivity index (χ1v) is 25.7. The SMILES string of the molecule is CCCCCCCCCCCCC/C=C\CCC(=O)OCC(COC(=O)CCCCCCCCCCCCCC)OC(=O)CCCCCCCCCCCCCCC. The third-order valence-electron chi connectivity index (χ3n) is 11.5. The van der Waals surface area contributed by atoms with Gasteiger partial charge >= 0.3 is 17.9 Å². The van der Waals surface area contributed by atoms with Gasteiger partial charge < -0.3 is 14.2 Å². The average Bonchev–Trinajstić information content (AvgIpc) is 3.22. The molecule has 0 aliphatic heterocycles. The summed E-state index contributed by atoms with van der Waals surface area (Å²) in [5.74, 6) is -0.912. The van der Waals surface area contributed by atoms with E-state index in [0.29, 0.717) is 19.3 Å². The van der Waals surface area contributed by atoms with E-state index in [1.54, 1.807) is 0 Å². The van der Waals surface area contributed by atoms with Gasteiger partial charge in [-0.1, -0.05) is 245 Å². The van der Waals surface area contributed by atoms with Crippen LogP contribution in [0, 0.1) is 0 Å². The Bertz CT molecular complexity index is 900. The van der Waals surface area contributed by atoms with Gasteiger partial charge in [0.2, 0.25) is 0 Å². The van der Waals surface area contributed by atoms with Crippen molar-refractivity contribution in [3.05, 3.63) is 12.2 Å². The summed E-state index contributed by atoms with van der Waals surface area (Å²) >= 11 is 0. The largest absolute Gasteiger partial charge is 0.462 e. The number of hydrogen-bond donors (Lipinski definition) is 0. The van der Waals surface area contributed by atoms with Crippen LogP contribution in [0.5, 0.6) is 0 Å². The lowest BCUT2D eigenvalue weighted by molar-refractivity contribution is -0.166. The highest BCUT2D eigenvalue weighted by molar-refractivity contribution is 5.71. The van der Waals surface area contributed by atoms with Crippen LogP contribution in [0.25, 0.3) is 0 Å². The fourth-order valence-corrected chi connectivity index (χ4v) is 7.64. The Balaban J connectivity index is 4.35. The Hall–Kier alpha value is -1.85. The normalized spacial score (nSPS) is 12.0. The number of carbonyl (C=O) groups is 3. The molecule has 6 nitrogen and oxygen atoms in total. The Morgan fingerprint density at radius 3 is 0.966 bits per heavy atom. The standard InChI is InChI=1S/C52H98O6/c1-4-7-10-13-16-19-22-25-26-28-30-33-36-39-42-45-51(54)57-48-49(47-56-50(53)44-41-38-35-32-29-24-21-18-15-12-9-6-3)58-52(55)46-43-40-37-34-31-27-23-20-17-14-11-8-5-2/h36,39,49H,4-35,37-38,40-48H2,1-3H3/b39-36-. The Kier molecular flexibility index (Phi) is 46.3. The van der Waals surface area contributed by atoms with Gasteiger partial charge in [-0.25, -0.2) is 0 Å². The molecule has 0 fully saturated rings. The molecule has 0 radical (unpaired) electrons. The molecule has 0 aromatic carbocycles. The minimum atomic E-state index is -0.777. The zero-order valence-electron chi connectivity index (χ0n) is 39.1. The van der Waals surface area contributed by atoms with Crippen LogP contribution in [0.1, 0.15) is 284 Å². The molecule has 1 atom stereocenters. The van der Waals surface area contributed by atoms with Crippen LogP contribution in [0.15, 0.2) is 12.2 Å². The molecule has 0 rings (SSSR count). The molecule has 0 bridgehead atoms. The number of rotatable bonds is 47. The van der Waals surface area contributed by atoms with E-state index in [1.165, 1.54) is 193 Å². The van der Waals surface area contributed by atoms with Gasteiger partial charge in [-0.05, 0) is 32.1 Å². The summed E-state index contributed by atoms with van der Waals surface area (Å²) in [7, 11) is 0. The van der Waals surface area contributed by atoms with Crippen LogP contribution in [0.2, 0.25) is 0 Å². The van der Waals surface area contributed by atoms with Gasteiger partial charge in [-0.2, -0.15) is 0 Å². The maximum atomic E-state index is 12.8. The molecule has 6 heteroatoms. The second-order valence-electron chi connectivity index (χ2n) is 17.4. The third-order valence-corrected chi connectivity index (χ3v) is 11.5. The molecular formula is C52H98O6. The Morgan fingerprint density at radius 1 is 0.328 bits per heavy atom. The van der Waals surface area contributed by atoms with Crippen LogP contribution in [0.4, 0.5) is 0 Å². The molecule has 0 amide bonds. The summed E-state index contributed by atoms with van der Waals surface area (Å²) in [6.07, 6.45) is 52.0. The molecule has 0 aliphatic carbocycles. The maximum absolute atomic E-state index is 12.8. The van der Waals surface area contributed by atoms with Crippen molar-refractivity contribution < 1.29 is 28.6 Å². The van der Waals surface area contributed by atoms with Crippen molar-refractivity contribution in [3.63, 3.8) is 0 Å². The lowest BCUT2D eigenvalue weighted by atomic mass is 10.0. The Labute approximate surface area is 360 Å². The quantitative estimate of drug-likeness (QED) is 0.0263. The van der Waals surface area contributed by atoms with Gasteiger partial charge in [0, 0.05) is 19.3 Å². The van der Waals surface area contributed by atoms with Gasteiger partial charge in [0.15, 0.2) is 6.10 Å². The highest BCUT2D eigenvalue weighted by Crippen LogP contribution is 2.16. The van der Waals surface area contributed by atoms with E-state index in [1.807, 2.05) is 0 Å². The van der Waals surface area contributed by atoms with Gasteiger partial charge in [-0.3, -0.25) is 14.4 Å². The average molecular weight is 819 g/mol. The third kappa shape index (κ3) is 45.2. The minimum absolute atomic E-state index is 0.0758. The first kappa shape index (κ1) is 56.1. The van der Waals surface area contributed by atoms with Crippen molar-refractivity contribution in [2.24, 2.45) is 0 Å². The molecule has 0 aromatic heterocycles. The topological polar surface area (TPSA) is 78.9 Å². The first-order chi connectivity index (χ1) is 28.5. The van der Waals surface area contributed by atoms with E-state index in [0.717, 1.165) is 44.9 Å². The van der Waals surface area contributed by atoms with Crippen LogP contribution in [-0.2, 0) is 28.6 Å². The fraction of sp³-hybridized carbons (Fsp3) is 0.904. The van der Waals surface area contributed by atoms with Crippen LogP contribution in [-0.4, -0.2) is 37.2 Å². The molecular weight excluding hydrogens is 721 g/mol. The van der Waals surface area contributed by atoms with E-state index in [2.05, 4.69) is 32.9 Å². The number of unbranched alkanes of at least 4 members (excludes halogenated alkanes) is 34. The van der Waals surface area contributed by atoms with E-state index in [9.17, 15) is 14.4 Å². The Morgan fingerprint density at radius 2 is 0.603 bits per heavy atom. The zero-order chi connectivity index (χ0) is 42.3. The molecule has 0 N–H and O–H groups in total. The first-order valence-electron chi connectivity index (χ1n) is 25.7. The fourth-order valence-electron chi connectivity index (χ4n) is 7.64. The highest BCUT2D eigenvalue weighted by Gasteiger charge is 2.19. The van der Waals surface area contributed by atoms with Crippen LogP contribution >= 0.6 is 0 Å². The molecule has 342 valence electrons. The van der Waals surface area contributed by atoms with Gasteiger partial charge in [0.1, 0.15) is 13.2 Å². The zero-order valence-corrected chi connectivity index (χ0v) is 39.1. The summed E-state index contributed by atoms with van der Waals surface area (Å²) < 4.78 is 16.7. The summed E-state index contributed by atoms with van der Waals surface area (Å²) in [6.45, 7) is 6.63. The molecule has 0 saturated carbocycles. The molecule has 0 aliphatic rings. The van der Waals surface area contributed by atoms with E-state index < -0.39 is 6.10 Å². The lowest BCUT2D eigenvalue weighted by Crippen LogP contribution is -2.30. The molecule has 0 saturated heterocycles. The predicted octanol–water partition coefficient (Wildman–Crippen LogP) is 16.6. The van der Waals surface area contributed by atoms with E-state index >= 15 is 0 Å². The number of carbonyl (C=O) groups excluding carboxylic acids is 3. The molecule has 0 aromatic rings. The smallest absolute Gasteiger partial charge is 0.306 e. The second-order valence-corrected chi connectivity index (χ2v) is 17.4. The molecule has 0 heterocycles. The lowest BCUT2D eigenvalue weighted by Gasteiger charge is -2.18. The maximum Gasteiger partial charge on any atom is 0.306 e.